The Kier molecular flexibility index (Phi) is 5.93. The van der Waals surface area contributed by atoms with Crippen LogP contribution in [0.5, 0.6) is 0 Å². The van der Waals surface area contributed by atoms with Crippen molar-refractivity contribution in [3.05, 3.63) is 76.8 Å². The van der Waals surface area contributed by atoms with Crippen molar-refractivity contribution in [2.45, 2.75) is 25.2 Å². The summed E-state index contributed by atoms with van der Waals surface area (Å²) in [5, 5.41) is 1.16. The molecule has 1 aliphatic rings. The molecule has 1 saturated heterocycles. The van der Waals surface area contributed by atoms with Crippen molar-refractivity contribution < 1.29 is 13.2 Å². The third-order valence-electron chi connectivity index (χ3n) is 4.93. The van der Waals surface area contributed by atoms with Gasteiger partial charge in [0.15, 0.2) is 5.17 Å². The first-order valence-electron chi connectivity index (χ1n) is 9.92. The Morgan fingerprint density at radius 1 is 1.03 bits per heavy atom. The lowest BCUT2D eigenvalue weighted by Gasteiger charge is -2.12. The molecular weight excluding hydrogens is 430 g/mol. The topological polar surface area (TPSA) is 79.7 Å². The number of para-hydroxylation sites is 1. The highest BCUT2D eigenvalue weighted by molar-refractivity contribution is 8.19. The number of nitrogens with zero attached hydrogens (tertiary/aromatic N) is 3. The number of rotatable bonds is 5. The monoisotopic (exact) mass is 451 g/mol. The molecule has 2 aromatic carbocycles. The first kappa shape index (κ1) is 21.3. The van der Waals surface area contributed by atoms with Gasteiger partial charge in [-0.05, 0) is 61.0 Å². The molecule has 6 nitrogen and oxygen atoms in total. The maximum absolute atomic E-state index is 12.9. The summed E-state index contributed by atoms with van der Waals surface area (Å²) in [4.78, 5) is 19.3. The highest BCUT2D eigenvalue weighted by Crippen LogP contribution is 2.33. The summed E-state index contributed by atoms with van der Waals surface area (Å²) >= 11 is 1.05. The molecule has 0 radical (unpaired) electrons. The number of benzene rings is 2. The number of amides is 1. The van der Waals surface area contributed by atoms with E-state index in [1.807, 2.05) is 43.3 Å². The molecule has 0 bridgehead atoms. The zero-order valence-electron chi connectivity index (χ0n) is 17.1. The molecule has 1 fully saturated rings. The van der Waals surface area contributed by atoms with E-state index in [0.29, 0.717) is 17.1 Å². The number of fused-ring (bicyclic) bond motifs is 1. The van der Waals surface area contributed by atoms with Crippen LogP contribution in [-0.2, 0) is 21.2 Å². The second-order valence-corrected chi connectivity index (χ2v) is 9.55. The fourth-order valence-corrected chi connectivity index (χ4v) is 5.43. The van der Waals surface area contributed by atoms with Crippen molar-refractivity contribution in [1.29, 1.82) is 0 Å². The predicted octanol–water partition coefficient (Wildman–Crippen LogP) is 4.48. The van der Waals surface area contributed by atoms with Crippen LogP contribution in [0.1, 0.15) is 25.1 Å². The number of hydrogen-bond acceptors (Lipinski definition) is 5. The Morgan fingerprint density at radius 3 is 2.48 bits per heavy atom. The highest BCUT2D eigenvalue weighted by Gasteiger charge is 2.34. The van der Waals surface area contributed by atoms with Crippen LogP contribution in [0.3, 0.4) is 0 Å². The summed E-state index contributed by atoms with van der Waals surface area (Å²) < 4.78 is 29.6. The summed E-state index contributed by atoms with van der Waals surface area (Å²) in [5.74, 6) is -0.280. The number of carbonyl (C=O) groups is 1. The molecule has 2 heterocycles. The summed E-state index contributed by atoms with van der Waals surface area (Å²) in [5.41, 5.74) is 2.50. The molecule has 4 rings (SSSR count). The largest absolute Gasteiger partial charge is 0.286 e. The van der Waals surface area contributed by atoms with Gasteiger partial charge in [-0.25, -0.2) is 4.98 Å². The average molecular weight is 452 g/mol. The molecule has 3 aromatic rings. The van der Waals surface area contributed by atoms with E-state index in [2.05, 4.69) is 9.38 Å². The van der Waals surface area contributed by atoms with Gasteiger partial charge in [0, 0.05) is 11.9 Å². The first-order chi connectivity index (χ1) is 14.9. The van der Waals surface area contributed by atoms with Crippen LogP contribution in [-0.4, -0.2) is 35.9 Å². The fourth-order valence-electron chi connectivity index (χ4n) is 3.20. The minimum atomic E-state index is -3.93. The van der Waals surface area contributed by atoms with E-state index in [1.165, 1.54) is 4.90 Å². The van der Waals surface area contributed by atoms with Gasteiger partial charge in [0.2, 0.25) is 0 Å². The van der Waals surface area contributed by atoms with E-state index in [9.17, 15) is 13.2 Å². The Labute approximate surface area is 185 Å². The number of carbonyl (C=O) groups excluding carboxylic acids is 1. The molecule has 0 spiro atoms. The molecule has 1 aromatic heterocycles. The molecule has 1 amide bonds. The van der Waals surface area contributed by atoms with Gasteiger partial charge in [-0.1, -0.05) is 43.3 Å². The molecule has 158 valence electrons. The van der Waals surface area contributed by atoms with Gasteiger partial charge in [0.25, 0.3) is 15.9 Å². The minimum Gasteiger partial charge on any atom is -0.286 e. The van der Waals surface area contributed by atoms with Gasteiger partial charge in [0.1, 0.15) is 0 Å². The summed E-state index contributed by atoms with van der Waals surface area (Å²) in [6.07, 6.45) is 2.49. The molecule has 31 heavy (non-hydrogen) atoms. The number of hydrogen-bond donors (Lipinski definition) is 0. The van der Waals surface area contributed by atoms with Crippen LogP contribution in [0.2, 0.25) is 0 Å². The Balaban J connectivity index is 1.67. The fraction of sp³-hybridized carbons (Fsp3) is 0.174. The van der Waals surface area contributed by atoms with Gasteiger partial charge in [-0.2, -0.15) is 8.42 Å². The number of aryl methyl sites for hydroxylation is 1. The van der Waals surface area contributed by atoms with Crippen LogP contribution in [0.4, 0.5) is 0 Å². The van der Waals surface area contributed by atoms with Crippen LogP contribution >= 0.6 is 11.8 Å². The summed E-state index contributed by atoms with van der Waals surface area (Å²) in [6.45, 7) is 4.10. The number of pyridine rings is 1. The lowest BCUT2D eigenvalue weighted by atomic mass is 10.2. The van der Waals surface area contributed by atoms with Crippen molar-refractivity contribution in [2.75, 3.05) is 6.54 Å². The first-order valence-corrected chi connectivity index (χ1v) is 12.2. The highest BCUT2D eigenvalue weighted by atomic mass is 32.2. The SMILES string of the molecule is CCc1ccc(S(=O)(=O)/N=C2/S/C(=C\c3ccc4ccccc4n3)C(=O)N2CC)cc1. The maximum Gasteiger partial charge on any atom is 0.284 e. The Bertz CT molecular complexity index is 1310. The Hall–Kier alpha value is -2.97. The molecule has 1 aliphatic heterocycles. The number of aromatic nitrogens is 1. The maximum atomic E-state index is 12.9. The van der Waals surface area contributed by atoms with Gasteiger partial charge in [-0.15, -0.1) is 4.40 Å². The van der Waals surface area contributed by atoms with Crippen molar-refractivity contribution in [1.82, 2.24) is 9.88 Å². The second-order valence-electron chi connectivity index (χ2n) is 6.94. The van der Waals surface area contributed by atoms with Crippen LogP contribution in [0, 0.1) is 0 Å². The zero-order chi connectivity index (χ0) is 22.0. The normalized spacial score (nSPS) is 17.2. The van der Waals surface area contributed by atoms with Gasteiger partial charge in [0.05, 0.1) is 21.0 Å². The molecule has 8 heteroatoms. The van der Waals surface area contributed by atoms with Crippen molar-refractivity contribution in [3.63, 3.8) is 0 Å². The quantitative estimate of drug-likeness (QED) is 0.535. The van der Waals surface area contributed by atoms with E-state index < -0.39 is 10.0 Å². The molecule has 0 atom stereocenters. The second kappa shape index (κ2) is 8.64. The lowest BCUT2D eigenvalue weighted by Crippen LogP contribution is -2.29. The van der Waals surface area contributed by atoms with E-state index in [4.69, 9.17) is 0 Å². The van der Waals surface area contributed by atoms with E-state index in [0.717, 1.165) is 34.6 Å². The third-order valence-corrected chi connectivity index (χ3v) is 7.33. The standard InChI is InChI=1S/C23H21N3O3S2/c1-3-16-9-13-19(14-10-16)31(28,29)25-23-26(4-2)22(27)21(30-23)15-18-12-11-17-7-5-6-8-20(17)24-18/h5-15H,3-4H2,1-2H3/b21-15-,25-23+. The predicted molar refractivity (Wildman–Crippen MR) is 125 cm³/mol. The van der Waals surface area contributed by atoms with Gasteiger partial charge in [-0.3, -0.25) is 9.69 Å². The van der Waals surface area contributed by atoms with E-state index >= 15 is 0 Å². The molecular formula is C23H21N3O3S2. The molecule has 0 aliphatic carbocycles. The minimum absolute atomic E-state index is 0.106. The van der Waals surface area contributed by atoms with E-state index in [-0.39, 0.29) is 16.0 Å². The van der Waals surface area contributed by atoms with Gasteiger partial charge >= 0.3 is 0 Å². The number of likely N-dealkylation sites (N-methyl/N-ethyl adjacent to an activating group) is 1. The number of thioether (sulfide) groups is 1. The summed E-state index contributed by atoms with van der Waals surface area (Å²) in [6, 6.07) is 18.1. The third kappa shape index (κ3) is 4.40. The number of amidine groups is 1. The summed E-state index contributed by atoms with van der Waals surface area (Å²) in [7, 11) is -3.93. The van der Waals surface area contributed by atoms with Crippen LogP contribution in [0.25, 0.3) is 17.0 Å². The van der Waals surface area contributed by atoms with Crippen molar-refractivity contribution in [2.24, 2.45) is 4.40 Å². The van der Waals surface area contributed by atoms with Crippen LogP contribution < -0.4 is 0 Å². The van der Waals surface area contributed by atoms with Gasteiger partial charge < -0.3 is 0 Å². The van der Waals surface area contributed by atoms with Crippen LogP contribution in [0.15, 0.2) is 74.9 Å². The lowest BCUT2D eigenvalue weighted by molar-refractivity contribution is -0.122. The van der Waals surface area contributed by atoms with Crippen molar-refractivity contribution in [3.8, 4) is 0 Å². The molecule has 0 unspecified atom stereocenters. The van der Waals surface area contributed by atoms with E-state index in [1.54, 1.807) is 37.3 Å². The molecule has 0 N–H and O–H groups in total. The van der Waals surface area contributed by atoms with Crippen molar-refractivity contribution >= 4 is 49.8 Å². The molecule has 0 saturated carbocycles. The smallest absolute Gasteiger partial charge is 0.284 e. The average Bonchev–Trinajstić information content (AvgIpc) is 3.06. The zero-order valence-corrected chi connectivity index (χ0v) is 18.8. The number of sulfonamides is 1. The Morgan fingerprint density at radius 2 is 1.77 bits per heavy atom.